The van der Waals surface area contributed by atoms with E-state index in [1.165, 1.54) is 13.8 Å². The summed E-state index contributed by atoms with van der Waals surface area (Å²) < 4.78 is 5.75. The highest BCUT2D eigenvalue weighted by Gasteiger charge is 2.31. The Hall–Kier alpha value is -2.87. The number of ether oxygens (including phenoxy) is 1. The standard InChI is InChI=1S/C18H19N3O3S.C3H6O/c1-21(16-4-2-3-9-19-16)10-11-24-14-7-5-13(6-8-14)12-15-17(22)20-18(23)25-15;1-3(2)4/h2-9,15H,10-12H2,1H3,(H,20,22,23);1-2H3. The largest absolute Gasteiger partial charge is 0.492 e. The smallest absolute Gasteiger partial charge is 0.286 e. The molecular formula is C21H25N3O4S. The Morgan fingerprint density at radius 1 is 1.17 bits per heavy atom. The van der Waals surface area contributed by atoms with Gasteiger partial charge in [-0.25, -0.2) is 4.98 Å². The number of rotatable bonds is 7. The van der Waals surface area contributed by atoms with Gasteiger partial charge in [0.1, 0.15) is 24.0 Å². The molecule has 1 aliphatic heterocycles. The maximum absolute atomic E-state index is 11.6. The minimum absolute atomic E-state index is 0.167. The molecule has 7 nitrogen and oxygen atoms in total. The van der Waals surface area contributed by atoms with Crippen molar-refractivity contribution in [2.75, 3.05) is 25.1 Å². The molecule has 2 amide bonds. The molecule has 0 spiro atoms. The number of thioether (sulfide) groups is 1. The summed E-state index contributed by atoms with van der Waals surface area (Å²) in [5, 5.41) is 1.69. The molecule has 1 saturated heterocycles. The van der Waals surface area contributed by atoms with Crippen LogP contribution in [-0.2, 0) is 16.0 Å². The molecule has 8 heteroatoms. The van der Waals surface area contributed by atoms with Crippen LogP contribution in [0.15, 0.2) is 48.7 Å². The van der Waals surface area contributed by atoms with E-state index in [1.54, 1.807) is 6.20 Å². The van der Waals surface area contributed by atoms with Gasteiger partial charge < -0.3 is 14.4 Å². The van der Waals surface area contributed by atoms with Crippen molar-refractivity contribution in [1.29, 1.82) is 0 Å². The first-order valence-corrected chi connectivity index (χ1v) is 10.1. The molecule has 2 heterocycles. The van der Waals surface area contributed by atoms with Gasteiger partial charge in [-0.3, -0.25) is 14.9 Å². The fourth-order valence-corrected chi connectivity index (χ4v) is 3.32. The van der Waals surface area contributed by atoms with E-state index in [0.29, 0.717) is 13.0 Å². The lowest BCUT2D eigenvalue weighted by Crippen LogP contribution is -2.25. The zero-order chi connectivity index (χ0) is 21.2. The van der Waals surface area contributed by atoms with E-state index in [2.05, 4.69) is 10.3 Å². The maximum atomic E-state index is 11.6. The Morgan fingerprint density at radius 3 is 2.41 bits per heavy atom. The Bertz CT molecular complexity index is 824. The topological polar surface area (TPSA) is 88.6 Å². The van der Waals surface area contributed by atoms with Gasteiger partial charge in [-0.2, -0.15) is 0 Å². The third-order valence-electron chi connectivity index (χ3n) is 3.85. The Labute approximate surface area is 174 Å². The van der Waals surface area contributed by atoms with Gasteiger partial charge in [-0.05, 0) is 50.1 Å². The number of nitrogens with one attached hydrogen (secondary N) is 1. The van der Waals surface area contributed by atoms with Crippen LogP contribution in [0.4, 0.5) is 10.6 Å². The summed E-state index contributed by atoms with van der Waals surface area (Å²) in [6.45, 7) is 4.32. The molecule has 0 radical (unpaired) electrons. The van der Waals surface area contributed by atoms with Gasteiger partial charge in [0.25, 0.3) is 5.24 Å². The Balaban J connectivity index is 0.000000687. The van der Waals surface area contributed by atoms with Crippen molar-refractivity contribution in [3.8, 4) is 5.75 Å². The van der Waals surface area contributed by atoms with Crippen molar-refractivity contribution in [2.24, 2.45) is 0 Å². The molecule has 2 aromatic rings. The van der Waals surface area contributed by atoms with E-state index >= 15 is 0 Å². The predicted octanol–water partition coefficient (Wildman–Crippen LogP) is 3.09. The first-order chi connectivity index (χ1) is 13.8. The van der Waals surface area contributed by atoms with Crippen LogP contribution in [0, 0.1) is 0 Å². The van der Waals surface area contributed by atoms with Crippen molar-refractivity contribution in [2.45, 2.75) is 25.5 Å². The number of nitrogens with zero attached hydrogens (tertiary/aromatic N) is 2. The summed E-state index contributed by atoms with van der Waals surface area (Å²) in [6.07, 6.45) is 2.30. The number of carbonyl (C=O) groups excluding carboxylic acids is 3. The zero-order valence-corrected chi connectivity index (χ0v) is 17.6. The number of Topliss-reactive ketones (excluding diaryl/α,β-unsaturated/α-hetero) is 1. The maximum Gasteiger partial charge on any atom is 0.286 e. The number of pyridine rings is 1. The van der Waals surface area contributed by atoms with Crippen LogP contribution in [0.3, 0.4) is 0 Å². The van der Waals surface area contributed by atoms with Crippen LogP contribution in [0.1, 0.15) is 19.4 Å². The number of hydrogen-bond donors (Lipinski definition) is 1. The van der Waals surface area contributed by atoms with Crippen LogP contribution < -0.4 is 15.0 Å². The molecule has 3 rings (SSSR count). The van der Waals surface area contributed by atoms with E-state index in [-0.39, 0.29) is 22.2 Å². The third-order valence-corrected chi connectivity index (χ3v) is 4.83. The fourth-order valence-electron chi connectivity index (χ4n) is 2.46. The van der Waals surface area contributed by atoms with E-state index in [1.807, 2.05) is 54.4 Å². The quantitative estimate of drug-likeness (QED) is 0.743. The highest BCUT2D eigenvalue weighted by molar-refractivity contribution is 8.15. The lowest BCUT2D eigenvalue weighted by Gasteiger charge is -2.18. The summed E-state index contributed by atoms with van der Waals surface area (Å²) in [4.78, 5) is 38.5. The van der Waals surface area contributed by atoms with E-state index in [0.717, 1.165) is 35.4 Å². The second-order valence-electron chi connectivity index (χ2n) is 6.60. The number of likely N-dealkylation sites (N-methyl/N-ethyl adjacent to an activating group) is 1. The SMILES string of the molecule is CC(C)=O.CN(CCOc1ccc(CC2SC(=O)NC2=O)cc1)c1ccccn1. The van der Waals surface area contributed by atoms with Crippen molar-refractivity contribution in [3.63, 3.8) is 0 Å². The van der Waals surface area contributed by atoms with Gasteiger partial charge in [-0.1, -0.05) is 30.0 Å². The van der Waals surface area contributed by atoms with Crippen LogP contribution in [-0.4, -0.2) is 47.4 Å². The lowest BCUT2D eigenvalue weighted by atomic mass is 10.1. The van der Waals surface area contributed by atoms with Crippen LogP contribution in [0.25, 0.3) is 0 Å². The molecule has 154 valence electrons. The number of amides is 2. The van der Waals surface area contributed by atoms with Gasteiger partial charge in [0.15, 0.2) is 0 Å². The van der Waals surface area contributed by atoms with Gasteiger partial charge >= 0.3 is 0 Å². The number of aromatic nitrogens is 1. The predicted molar refractivity (Wildman–Crippen MR) is 114 cm³/mol. The second-order valence-corrected chi connectivity index (χ2v) is 7.77. The van der Waals surface area contributed by atoms with Crippen LogP contribution in [0.2, 0.25) is 0 Å². The Kier molecular flexibility index (Phi) is 8.67. The molecule has 1 aliphatic rings. The van der Waals surface area contributed by atoms with Crippen LogP contribution in [0.5, 0.6) is 5.75 Å². The van der Waals surface area contributed by atoms with Gasteiger partial charge in [0, 0.05) is 13.2 Å². The molecule has 1 unspecified atom stereocenters. The highest BCUT2D eigenvalue weighted by atomic mass is 32.2. The summed E-state index contributed by atoms with van der Waals surface area (Å²) in [6, 6.07) is 13.4. The van der Waals surface area contributed by atoms with Gasteiger partial charge in [-0.15, -0.1) is 0 Å². The molecule has 0 saturated carbocycles. The Morgan fingerprint density at radius 2 is 1.86 bits per heavy atom. The molecule has 1 fully saturated rings. The number of anilines is 1. The molecule has 0 aliphatic carbocycles. The first-order valence-electron chi connectivity index (χ1n) is 9.17. The molecular weight excluding hydrogens is 390 g/mol. The van der Waals surface area contributed by atoms with E-state index in [4.69, 9.17) is 4.74 Å². The molecule has 1 atom stereocenters. The summed E-state index contributed by atoms with van der Waals surface area (Å²) in [5.41, 5.74) is 1.00. The number of hydrogen-bond acceptors (Lipinski definition) is 7. The van der Waals surface area contributed by atoms with Gasteiger partial charge in [0.2, 0.25) is 5.91 Å². The molecule has 1 N–H and O–H groups in total. The number of ketones is 1. The van der Waals surface area contributed by atoms with Crippen molar-refractivity contribution in [3.05, 3.63) is 54.2 Å². The molecule has 0 bridgehead atoms. The van der Waals surface area contributed by atoms with Crippen molar-refractivity contribution >= 4 is 34.5 Å². The third kappa shape index (κ3) is 7.95. The molecule has 1 aromatic carbocycles. The minimum atomic E-state index is -0.341. The normalized spacial score (nSPS) is 15.2. The first kappa shape index (κ1) is 22.4. The minimum Gasteiger partial charge on any atom is -0.492 e. The molecule has 1 aromatic heterocycles. The number of benzene rings is 1. The number of imide groups is 1. The fraction of sp³-hybridized carbons (Fsp3) is 0.333. The van der Waals surface area contributed by atoms with Crippen molar-refractivity contribution < 1.29 is 19.1 Å². The summed E-state index contributed by atoms with van der Waals surface area (Å²) in [7, 11) is 1.97. The second kappa shape index (κ2) is 11.2. The number of carbonyl (C=O) groups is 3. The van der Waals surface area contributed by atoms with Gasteiger partial charge in [0.05, 0.1) is 11.8 Å². The summed E-state index contributed by atoms with van der Waals surface area (Å²) >= 11 is 1.05. The average molecular weight is 416 g/mol. The monoisotopic (exact) mass is 415 g/mol. The average Bonchev–Trinajstić information content (AvgIpc) is 3.00. The molecule has 29 heavy (non-hydrogen) atoms. The highest BCUT2D eigenvalue weighted by Crippen LogP contribution is 2.23. The zero-order valence-electron chi connectivity index (χ0n) is 16.8. The van der Waals surface area contributed by atoms with E-state index in [9.17, 15) is 14.4 Å². The van der Waals surface area contributed by atoms with E-state index < -0.39 is 0 Å². The van der Waals surface area contributed by atoms with Crippen molar-refractivity contribution in [1.82, 2.24) is 10.3 Å². The summed E-state index contributed by atoms with van der Waals surface area (Å²) in [5.74, 6) is 1.63. The van der Waals surface area contributed by atoms with Crippen LogP contribution >= 0.6 is 11.8 Å². The lowest BCUT2D eigenvalue weighted by molar-refractivity contribution is -0.119.